The van der Waals surface area contributed by atoms with E-state index in [1.54, 1.807) is 12.1 Å². The number of benzene rings is 1. The lowest BCUT2D eigenvalue weighted by molar-refractivity contribution is 0.662. The predicted octanol–water partition coefficient (Wildman–Crippen LogP) is 3.25. The molecule has 0 bridgehead atoms. The van der Waals surface area contributed by atoms with Crippen molar-refractivity contribution < 1.29 is 0 Å². The fraction of sp³-hybridized carbons (Fsp3) is 0.316. The number of hydrogen-bond acceptors (Lipinski definition) is 4. The Morgan fingerprint density at radius 3 is 2.46 bits per heavy atom. The zero-order valence-corrected chi connectivity index (χ0v) is 14.6. The van der Waals surface area contributed by atoms with E-state index in [4.69, 9.17) is 0 Å². The molecular weight excluding hydrogens is 300 g/mol. The molecule has 0 aliphatic carbocycles. The second kappa shape index (κ2) is 5.34. The second-order valence-electron chi connectivity index (χ2n) is 6.83. The lowest BCUT2D eigenvalue weighted by atomic mass is 9.90. The Kier molecular flexibility index (Phi) is 3.56. The first kappa shape index (κ1) is 16.0. The van der Waals surface area contributed by atoms with Crippen molar-refractivity contribution in [3.8, 4) is 6.07 Å². The van der Waals surface area contributed by atoms with Gasteiger partial charge in [0, 0.05) is 19.5 Å². The average molecular weight is 320 g/mol. The Hall–Kier alpha value is -2.87. The van der Waals surface area contributed by atoms with E-state index in [-0.39, 0.29) is 5.43 Å². The summed E-state index contributed by atoms with van der Waals surface area (Å²) in [4.78, 5) is 22.7. The van der Waals surface area contributed by atoms with Crippen LogP contribution in [-0.4, -0.2) is 24.1 Å². The van der Waals surface area contributed by atoms with E-state index in [1.165, 1.54) is 0 Å². The molecule has 2 aromatic heterocycles. The highest BCUT2D eigenvalue weighted by Gasteiger charge is 2.22. The second-order valence-corrected chi connectivity index (χ2v) is 6.83. The summed E-state index contributed by atoms with van der Waals surface area (Å²) in [6, 6.07) is 9.57. The first-order valence-corrected chi connectivity index (χ1v) is 7.81. The van der Waals surface area contributed by atoms with E-state index < -0.39 is 5.41 Å². The molecule has 5 nitrogen and oxygen atoms in total. The highest BCUT2D eigenvalue weighted by Crippen LogP contribution is 2.28. The Bertz CT molecular complexity index is 1050. The summed E-state index contributed by atoms with van der Waals surface area (Å²) in [6.45, 7) is 5.64. The molecule has 24 heavy (non-hydrogen) atoms. The van der Waals surface area contributed by atoms with Crippen LogP contribution in [0.4, 0.5) is 5.69 Å². The van der Waals surface area contributed by atoms with Crippen molar-refractivity contribution in [1.29, 1.82) is 5.26 Å². The number of aromatic nitrogens is 2. The minimum absolute atomic E-state index is 0.0457. The van der Waals surface area contributed by atoms with Crippen LogP contribution in [0, 0.1) is 18.3 Å². The molecule has 3 aromatic rings. The molecule has 3 rings (SSSR count). The van der Waals surface area contributed by atoms with Gasteiger partial charge in [-0.15, -0.1) is 0 Å². The quantitative estimate of drug-likeness (QED) is 0.736. The Labute approximate surface area is 140 Å². The number of aryl methyl sites for hydroxylation is 1. The highest BCUT2D eigenvalue weighted by atomic mass is 16.1. The van der Waals surface area contributed by atoms with Crippen LogP contribution in [0.3, 0.4) is 0 Å². The van der Waals surface area contributed by atoms with Gasteiger partial charge in [-0.25, -0.2) is 4.98 Å². The molecule has 0 aliphatic rings. The van der Waals surface area contributed by atoms with Crippen LogP contribution in [0.5, 0.6) is 0 Å². The van der Waals surface area contributed by atoms with Crippen LogP contribution in [0.15, 0.2) is 29.1 Å². The van der Waals surface area contributed by atoms with E-state index >= 15 is 0 Å². The normalized spacial score (nSPS) is 11.7. The molecule has 0 saturated heterocycles. The lowest BCUT2D eigenvalue weighted by Crippen LogP contribution is -2.18. The number of hydrogen-bond donors (Lipinski definition) is 1. The van der Waals surface area contributed by atoms with Gasteiger partial charge < -0.3 is 9.88 Å². The molecular formula is C19H20N4O. The summed E-state index contributed by atoms with van der Waals surface area (Å²) in [6.07, 6.45) is 0. The molecule has 0 spiro atoms. The van der Waals surface area contributed by atoms with Crippen LogP contribution in [0.1, 0.15) is 25.1 Å². The fourth-order valence-electron chi connectivity index (χ4n) is 2.99. The topological polar surface area (TPSA) is 72.8 Å². The number of pyridine rings is 2. The minimum atomic E-state index is -0.711. The van der Waals surface area contributed by atoms with E-state index in [0.717, 1.165) is 16.8 Å². The van der Waals surface area contributed by atoms with Gasteiger partial charge in [-0.2, -0.15) is 5.26 Å². The maximum absolute atomic E-state index is 12.9. The Balaban J connectivity index is 2.45. The van der Waals surface area contributed by atoms with Gasteiger partial charge in [-0.3, -0.25) is 4.79 Å². The van der Waals surface area contributed by atoms with Crippen LogP contribution in [-0.2, 0) is 5.41 Å². The van der Waals surface area contributed by atoms with Crippen molar-refractivity contribution in [3.63, 3.8) is 0 Å². The number of nitriles is 1. The zero-order chi connectivity index (χ0) is 17.6. The molecule has 5 heteroatoms. The fourth-order valence-corrected chi connectivity index (χ4v) is 2.99. The summed E-state index contributed by atoms with van der Waals surface area (Å²) >= 11 is 0. The predicted molar refractivity (Wildman–Crippen MR) is 97.6 cm³/mol. The highest BCUT2D eigenvalue weighted by molar-refractivity contribution is 5.98. The molecule has 0 amide bonds. The summed E-state index contributed by atoms with van der Waals surface area (Å²) in [5, 5.41) is 10.5. The van der Waals surface area contributed by atoms with Crippen molar-refractivity contribution in [3.05, 3.63) is 45.7 Å². The molecule has 0 saturated carbocycles. The number of fused-ring (bicyclic) bond motifs is 2. The van der Waals surface area contributed by atoms with Crippen molar-refractivity contribution in [1.82, 2.24) is 9.97 Å². The SMILES string of the molecule is Cc1ccc2c(=O)c3ccc(C(C)(C)C#N)nc3[nH]c2c1N(C)C. The molecule has 0 atom stereocenters. The number of H-pyrrole nitrogens is 1. The van der Waals surface area contributed by atoms with E-state index in [0.29, 0.717) is 22.1 Å². The van der Waals surface area contributed by atoms with Crippen LogP contribution in [0.2, 0.25) is 0 Å². The van der Waals surface area contributed by atoms with Crippen LogP contribution < -0.4 is 10.3 Å². The number of rotatable bonds is 2. The van der Waals surface area contributed by atoms with Gasteiger partial charge in [0.25, 0.3) is 0 Å². The molecule has 0 unspecified atom stereocenters. The zero-order valence-electron chi connectivity index (χ0n) is 14.6. The summed E-state index contributed by atoms with van der Waals surface area (Å²) in [7, 11) is 3.90. The molecule has 0 fully saturated rings. The lowest BCUT2D eigenvalue weighted by Gasteiger charge is -2.19. The first-order valence-electron chi connectivity index (χ1n) is 7.81. The maximum atomic E-state index is 12.9. The number of nitrogens with one attached hydrogen (secondary N) is 1. The number of aromatic amines is 1. The van der Waals surface area contributed by atoms with Crippen LogP contribution in [0.25, 0.3) is 21.9 Å². The summed E-state index contributed by atoms with van der Waals surface area (Å²) < 4.78 is 0. The van der Waals surface area contributed by atoms with Crippen molar-refractivity contribution in [2.75, 3.05) is 19.0 Å². The standard InChI is InChI=1S/C19H20N4O/c1-11-6-7-12-15(16(11)23(4)5)22-18-13(17(12)24)8-9-14(21-18)19(2,3)10-20/h6-9H,1-5H3,(H,21,22,24). The average Bonchev–Trinajstić information content (AvgIpc) is 2.53. The van der Waals surface area contributed by atoms with Gasteiger partial charge in [-0.05, 0) is 44.5 Å². The van der Waals surface area contributed by atoms with Gasteiger partial charge in [0.2, 0.25) is 0 Å². The molecule has 0 radical (unpaired) electrons. The molecule has 2 heterocycles. The van der Waals surface area contributed by atoms with Gasteiger partial charge in [0.15, 0.2) is 5.43 Å². The Morgan fingerprint density at radius 2 is 1.83 bits per heavy atom. The smallest absolute Gasteiger partial charge is 0.198 e. The van der Waals surface area contributed by atoms with Crippen LogP contribution >= 0.6 is 0 Å². The largest absolute Gasteiger partial charge is 0.376 e. The van der Waals surface area contributed by atoms with Crippen molar-refractivity contribution in [2.45, 2.75) is 26.2 Å². The third-order valence-corrected chi connectivity index (χ3v) is 4.37. The summed E-state index contributed by atoms with van der Waals surface area (Å²) in [5.74, 6) is 0. The monoisotopic (exact) mass is 320 g/mol. The summed E-state index contributed by atoms with van der Waals surface area (Å²) in [5.41, 5.74) is 3.23. The van der Waals surface area contributed by atoms with E-state index in [1.807, 2.05) is 51.9 Å². The van der Waals surface area contributed by atoms with Gasteiger partial charge in [0.1, 0.15) is 5.65 Å². The van der Waals surface area contributed by atoms with Gasteiger partial charge in [-0.1, -0.05) is 6.07 Å². The third-order valence-electron chi connectivity index (χ3n) is 4.37. The molecule has 1 aromatic carbocycles. The third kappa shape index (κ3) is 2.31. The van der Waals surface area contributed by atoms with Gasteiger partial charge in [0.05, 0.1) is 33.8 Å². The Morgan fingerprint density at radius 1 is 1.17 bits per heavy atom. The number of nitrogens with zero attached hydrogens (tertiary/aromatic N) is 3. The van der Waals surface area contributed by atoms with Gasteiger partial charge >= 0.3 is 0 Å². The molecule has 0 aliphatic heterocycles. The van der Waals surface area contributed by atoms with E-state index in [2.05, 4.69) is 16.0 Å². The molecule has 1 N–H and O–H groups in total. The van der Waals surface area contributed by atoms with E-state index in [9.17, 15) is 10.1 Å². The number of anilines is 1. The minimum Gasteiger partial charge on any atom is -0.376 e. The van der Waals surface area contributed by atoms with Crippen molar-refractivity contribution in [2.24, 2.45) is 0 Å². The van der Waals surface area contributed by atoms with Crippen molar-refractivity contribution >= 4 is 27.6 Å². The first-order chi connectivity index (χ1) is 11.3. The maximum Gasteiger partial charge on any atom is 0.198 e. The molecule has 122 valence electrons.